The Kier molecular flexibility index (Phi) is 2.88. The van der Waals surface area contributed by atoms with Crippen LogP contribution in [0.3, 0.4) is 0 Å². The number of aromatic amines is 1. The van der Waals surface area contributed by atoms with Crippen LogP contribution < -0.4 is 4.57 Å². The van der Waals surface area contributed by atoms with Crippen LogP contribution in [-0.2, 0) is 6.54 Å². The fourth-order valence-electron chi connectivity index (χ4n) is 2.37. The molecule has 94 valence electrons. The van der Waals surface area contributed by atoms with Gasteiger partial charge in [-0.15, -0.1) is 0 Å². The Hall–Kier alpha value is -2.42. The Morgan fingerprint density at radius 1 is 1.11 bits per heavy atom. The number of aldehydes is 1. The van der Waals surface area contributed by atoms with Gasteiger partial charge >= 0.3 is 5.82 Å². The molecule has 0 aliphatic rings. The van der Waals surface area contributed by atoms with Crippen molar-refractivity contribution in [2.45, 2.75) is 13.5 Å². The molecule has 1 heterocycles. The van der Waals surface area contributed by atoms with Gasteiger partial charge in [-0.2, -0.15) is 0 Å². The van der Waals surface area contributed by atoms with Crippen LogP contribution in [0.15, 0.2) is 48.5 Å². The second-order valence-electron chi connectivity index (χ2n) is 4.66. The Morgan fingerprint density at radius 3 is 2.63 bits per heavy atom. The van der Waals surface area contributed by atoms with Crippen molar-refractivity contribution in [3.8, 4) is 0 Å². The lowest BCUT2D eigenvalue weighted by molar-refractivity contribution is -0.663. The first-order valence-electron chi connectivity index (χ1n) is 6.30. The van der Waals surface area contributed by atoms with Crippen LogP contribution in [-0.4, -0.2) is 11.3 Å². The second-order valence-corrected chi connectivity index (χ2v) is 4.66. The van der Waals surface area contributed by atoms with Gasteiger partial charge in [0.25, 0.3) is 0 Å². The highest BCUT2D eigenvalue weighted by atomic mass is 16.1. The molecule has 3 heteroatoms. The minimum absolute atomic E-state index is 0.601. The van der Waals surface area contributed by atoms with Crippen molar-refractivity contribution < 1.29 is 9.36 Å². The number of carbonyl (C=O) groups is 1. The maximum Gasteiger partial charge on any atom is 0.321 e. The van der Waals surface area contributed by atoms with Crippen molar-refractivity contribution in [2.24, 2.45) is 0 Å². The maximum atomic E-state index is 11.2. The smallest absolute Gasteiger partial charge is 0.289 e. The van der Waals surface area contributed by atoms with Crippen molar-refractivity contribution in [3.63, 3.8) is 0 Å². The van der Waals surface area contributed by atoms with Crippen molar-refractivity contribution >= 4 is 17.3 Å². The van der Waals surface area contributed by atoms with Gasteiger partial charge < -0.3 is 0 Å². The van der Waals surface area contributed by atoms with E-state index in [1.54, 1.807) is 0 Å². The van der Waals surface area contributed by atoms with E-state index in [0.29, 0.717) is 12.4 Å². The molecule has 1 aromatic heterocycles. The SMILES string of the molecule is Cc1ccccc1C[n+]1c(C=O)[nH]c2ccccc21. The van der Waals surface area contributed by atoms with E-state index < -0.39 is 0 Å². The molecule has 0 aliphatic carbocycles. The molecule has 2 aromatic carbocycles. The number of rotatable bonds is 3. The number of benzene rings is 2. The number of fused-ring (bicyclic) bond motifs is 1. The molecular formula is C16H15N2O+. The summed E-state index contributed by atoms with van der Waals surface area (Å²) in [5.41, 5.74) is 4.49. The number of carbonyl (C=O) groups excluding carboxylic acids is 1. The molecule has 0 amide bonds. The first kappa shape index (κ1) is 11.7. The van der Waals surface area contributed by atoms with Crippen LogP contribution in [0.2, 0.25) is 0 Å². The number of nitrogens with zero attached hydrogens (tertiary/aromatic N) is 1. The summed E-state index contributed by atoms with van der Waals surface area (Å²) in [4.78, 5) is 14.4. The number of hydrogen-bond donors (Lipinski definition) is 1. The largest absolute Gasteiger partial charge is 0.321 e. The Balaban J connectivity index is 2.14. The van der Waals surface area contributed by atoms with Crippen molar-refractivity contribution in [1.29, 1.82) is 0 Å². The Morgan fingerprint density at radius 2 is 1.84 bits per heavy atom. The fourth-order valence-corrected chi connectivity index (χ4v) is 2.37. The molecule has 0 aliphatic heterocycles. The summed E-state index contributed by atoms with van der Waals surface area (Å²) in [5, 5.41) is 0. The zero-order valence-electron chi connectivity index (χ0n) is 10.8. The van der Waals surface area contributed by atoms with Gasteiger partial charge in [-0.1, -0.05) is 36.4 Å². The third-order valence-corrected chi connectivity index (χ3v) is 3.45. The number of hydrogen-bond acceptors (Lipinski definition) is 1. The van der Waals surface area contributed by atoms with Gasteiger partial charge in [0, 0.05) is 0 Å². The highest BCUT2D eigenvalue weighted by molar-refractivity contribution is 5.77. The average molecular weight is 251 g/mol. The van der Waals surface area contributed by atoms with Crippen LogP contribution in [0.1, 0.15) is 21.7 Å². The maximum absolute atomic E-state index is 11.2. The fraction of sp³-hybridized carbons (Fsp3) is 0.125. The molecular weight excluding hydrogens is 236 g/mol. The third-order valence-electron chi connectivity index (χ3n) is 3.45. The van der Waals surface area contributed by atoms with Crippen LogP contribution in [0.25, 0.3) is 11.0 Å². The first-order chi connectivity index (χ1) is 9.29. The van der Waals surface area contributed by atoms with Crippen molar-refractivity contribution in [1.82, 2.24) is 4.98 Å². The molecule has 0 fully saturated rings. The van der Waals surface area contributed by atoms with E-state index in [4.69, 9.17) is 0 Å². The zero-order valence-corrected chi connectivity index (χ0v) is 10.8. The van der Waals surface area contributed by atoms with E-state index in [-0.39, 0.29) is 0 Å². The van der Waals surface area contributed by atoms with Gasteiger partial charge in [-0.3, -0.25) is 4.79 Å². The van der Waals surface area contributed by atoms with Crippen LogP contribution in [0.4, 0.5) is 0 Å². The lowest BCUT2D eigenvalue weighted by Crippen LogP contribution is -2.37. The molecule has 19 heavy (non-hydrogen) atoms. The number of aryl methyl sites for hydroxylation is 1. The lowest BCUT2D eigenvalue weighted by Gasteiger charge is -2.03. The molecule has 0 spiro atoms. The van der Waals surface area contributed by atoms with Crippen LogP contribution in [0, 0.1) is 6.92 Å². The summed E-state index contributed by atoms with van der Waals surface area (Å²) in [6, 6.07) is 16.2. The summed E-state index contributed by atoms with van der Waals surface area (Å²) < 4.78 is 2.02. The van der Waals surface area contributed by atoms with Gasteiger partial charge in [0.1, 0.15) is 6.54 Å². The first-order valence-corrected chi connectivity index (χ1v) is 6.30. The standard InChI is InChI=1S/C16H14N2O/c1-12-6-2-3-7-13(12)10-18-15-9-5-4-8-14(15)17-16(18)11-19/h2-9,11H,10H2,1H3/p+1. The number of aromatic nitrogens is 2. The summed E-state index contributed by atoms with van der Waals surface area (Å²) in [5.74, 6) is 0.601. The molecule has 0 saturated heterocycles. The van der Waals surface area contributed by atoms with Gasteiger partial charge in [-0.25, -0.2) is 9.55 Å². The van der Waals surface area contributed by atoms with Crippen LogP contribution in [0.5, 0.6) is 0 Å². The molecule has 0 unspecified atom stereocenters. The molecule has 0 atom stereocenters. The number of imidazole rings is 1. The second kappa shape index (κ2) is 4.69. The van der Waals surface area contributed by atoms with E-state index in [2.05, 4.69) is 24.0 Å². The highest BCUT2D eigenvalue weighted by Gasteiger charge is 2.17. The van der Waals surface area contributed by atoms with Gasteiger partial charge in [0.15, 0.2) is 11.0 Å². The van der Waals surface area contributed by atoms with Crippen molar-refractivity contribution in [3.05, 3.63) is 65.5 Å². The van der Waals surface area contributed by atoms with Gasteiger partial charge in [-0.05, 0) is 30.2 Å². The monoisotopic (exact) mass is 251 g/mol. The summed E-state index contributed by atoms with van der Waals surface area (Å²) >= 11 is 0. The molecule has 0 bridgehead atoms. The van der Waals surface area contributed by atoms with E-state index >= 15 is 0 Å². The topological polar surface area (TPSA) is 36.7 Å². The summed E-state index contributed by atoms with van der Waals surface area (Å²) in [6.45, 7) is 2.79. The minimum atomic E-state index is 0.601. The quantitative estimate of drug-likeness (QED) is 0.564. The van der Waals surface area contributed by atoms with E-state index in [9.17, 15) is 4.79 Å². The van der Waals surface area contributed by atoms with E-state index in [0.717, 1.165) is 17.3 Å². The molecule has 3 rings (SSSR count). The van der Waals surface area contributed by atoms with Crippen molar-refractivity contribution in [2.75, 3.05) is 0 Å². The predicted octanol–water partition coefficient (Wildman–Crippen LogP) is 2.62. The Bertz CT molecular complexity index is 743. The number of H-pyrrole nitrogens is 1. The third kappa shape index (κ3) is 2.03. The Labute approximate surface area is 111 Å². The number of para-hydroxylation sites is 2. The molecule has 3 nitrogen and oxygen atoms in total. The van der Waals surface area contributed by atoms with Gasteiger partial charge in [0.05, 0.1) is 0 Å². The summed E-state index contributed by atoms with van der Waals surface area (Å²) in [7, 11) is 0. The molecule has 3 aromatic rings. The lowest BCUT2D eigenvalue weighted by atomic mass is 10.1. The zero-order chi connectivity index (χ0) is 13.2. The van der Waals surface area contributed by atoms with Gasteiger partial charge in [0.2, 0.25) is 6.29 Å². The average Bonchev–Trinajstić information content (AvgIpc) is 2.79. The van der Waals surface area contributed by atoms with E-state index in [1.165, 1.54) is 11.1 Å². The molecule has 0 saturated carbocycles. The normalized spacial score (nSPS) is 10.8. The highest BCUT2D eigenvalue weighted by Crippen LogP contribution is 2.11. The summed E-state index contributed by atoms with van der Waals surface area (Å²) in [6.07, 6.45) is 0.873. The molecule has 1 N–H and O–H groups in total. The number of nitrogens with one attached hydrogen (secondary N) is 1. The van der Waals surface area contributed by atoms with Crippen LogP contribution >= 0.6 is 0 Å². The van der Waals surface area contributed by atoms with E-state index in [1.807, 2.05) is 41.0 Å². The predicted molar refractivity (Wildman–Crippen MR) is 74.2 cm³/mol. The molecule has 0 radical (unpaired) electrons. The minimum Gasteiger partial charge on any atom is -0.289 e.